The lowest BCUT2D eigenvalue weighted by Crippen LogP contribution is -2.27. The summed E-state index contributed by atoms with van der Waals surface area (Å²) in [5.74, 6) is -0.428. The van der Waals surface area contributed by atoms with Gasteiger partial charge < -0.3 is 4.90 Å². The maximum Gasteiger partial charge on any atom is 0.418 e. The first-order chi connectivity index (χ1) is 9.29. The smallest absolute Gasteiger partial charge is 0.309 e. The molecule has 0 radical (unpaired) electrons. The van der Waals surface area contributed by atoms with Gasteiger partial charge in [-0.1, -0.05) is 11.8 Å². The summed E-state index contributed by atoms with van der Waals surface area (Å²) in [6, 6.07) is 0.841. The lowest BCUT2D eigenvalue weighted by molar-refractivity contribution is -0.137. The summed E-state index contributed by atoms with van der Waals surface area (Å²) in [5.41, 5.74) is -1.15. The molecule has 0 bridgehead atoms. The maximum absolute atomic E-state index is 12.9. The third-order valence-corrected chi connectivity index (χ3v) is 3.80. The molecule has 0 N–H and O–H groups in total. The van der Waals surface area contributed by atoms with Gasteiger partial charge in [-0.3, -0.25) is 14.6 Å². The minimum absolute atomic E-state index is 0.0520. The number of halogens is 3. The molecule has 1 atom stereocenters. The Balaban J connectivity index is 2.29. The molecule has 20 heavy (non-hydrogen) atoms. The van der Waals surface area contributed by atoms with Crippen molar-refractivity contribution < 1.29 is 22.8 Å². The average molecular weight is 304 g/mol. The SMILES string of the molecule is CC(=O)SC1CC(=O)N(c2cnccc2C(F)(F)F)C1. The average Bonchev–Trinajstić information content (AvgIpc) is 2.68. The fraction of sp³-hybridized carbons (Fsp3) is 0.417. The topological polar surface area (TPSA) is 50.3 Å². The third kappa shape index (κ3) is 3.12. The second-order valence-electron chi connectivity index (χ2n) is 4.33. The van der Waals surface area contributed by atoms with E-state index in [1.54, 1.807) is 0 Å². The first-order valence-electron chi connectivity index (χ1n) is 5.78. The highest BCUT2D eigenvalue weighted by molar-refractivity contribution is 8.14. The molecule has 108 valence electrons. The van der Waals surface area contributed by atoms with E-state index in [0.29, 0.717) is 0 Å². The van der Waals surface area contributed by atoms with Gasteiger partial charge in [-0.25, -0.2) is 0 Å². The van der Waals surface area contributed by atoms with Gasteiger partial charge in [0.2, 0.25) is 5.91 Å². The van der Waals surface area contributed by atoms with E-state index in [1.807, 2.05) is 0 Å². The summed E-state index contributed by atoms with van der Waals surface area (Å²) in [6.45, 7) is 1.45. The number of carbonyl (C=O) groups excluding carboxylic acids is 2. The second-order valence-corrected chi connectivity index (χ2v) is 5.81. The van der Waals surface area contributed by atoms with Gasteiger partial charge in [-0.15, -0.1) is 0 Å². The summed E-state index contributed by atoms with van der Waals surface area (Å²) in [5, 5.41) is -0.479. The first kappa shape index (κ1) is 14.8. The summed E-state index contributed by atoms with van der Waals surface area (Å²) >= 11 is 0.975. The minimum Gasteiger partial charge on any atom is -0.309 e. The summed E-state index contributed by atoms with van der Waals surface area (Å²) < 4.78 is 38.7. The zero-order chi connectivity index (χ0) is 14.9. The molecule has 0 saturated carbocycles. The van der Waals surface area contributed by atoms with Crippen LogP contribution in [-0.2, 0) is 15.8 Å². The number of anilines is 1. The number of aromatic nitrogens is 1. The van der Waals surface area contributed by atoms with E-state index in [2.05, 4.69) is 4.98 Å². The second kappa shape index (κ2) is 5.43. The number of rotatable bonds is 2. The highest BCUT2D eigenvalue weighted by Crippen LogP contribution is 2.38. The summed E-state index contributed by atoms with van der Waals surface area (Å²) in [7, 11) is 0. The van der Waals surface area contributed by atoms with Crippen LogP contribution < -0.4 is 4.90 Å². The van der Waals surface area contributed by atoms with Crippen LogP contribution in [0.4, 0.5) is 18.9 Å². The summed E-state index contributed by atoms with van der Waals surface area (Å²) in [4.78, 5) is 27.6. The Kier molecular flexibility index (Phi) is 4.03. The molecular formula is C12H11F3N2O2S. The van der Waals surface area contributed by atoms with Crippen LogP contribution in [0, 0.1) is 0 Å². The van der Waals surface area contributed by atoms with Gasteiger partial charge in [0.1, 0.15) is 0 Å². The lowest BCUT2D eigenvalue weighted by atomic mass is 10.2. The van der Waals surface area contributed by atoms with E-state index in [0.717, 1.165) is 35.1 Å². The number of alkyl halides is 3. The maximum atomic E-state index is 12.9. The van der Waals surface area contributed by atoms with E-state index in [1.165, 1.54) is 6.92 Å². The number of thioether (sulfide) groups is 1. The highest BCUT2D eigenvalue weighted by atomic mass is 32.2. The largest absolute Gasteiger partial charge is 0.418 e. The van der Waals surface area contributed by atoms with Crippen molar-refractivity contribution >= 4 is 28.5 Å². The van der Waals surface area contributed by atoms with Crippen molar-refractivity contribution in [1.29, 1.82) is 0 Å². The Labute approximate surface area is 117 Å². The lowest BCUT2D eigenvalue weighted by Gasteiger charge is -2.20. The Hall–Kier alpha value is -1.57. The Bertz CT molecular complexity index is 548. The number of nitrogens with zero attached hydrogens (tertiary/aromatic N) is 2. The van der Waals surface area contributed by atoms with Gasteiger partial charge in [0.15, 0.2) is 5.12 Å². The molecule has 1 aromatic heterocycles. The predicted molar refractivity (Wildman–Crippen MR) is 68.3 cm³/mol. The monoisotopic (exact) mass is 304 g/mol. The van der Waals surface area contributed by atoms with Gasteiger partial charge in [0.25, 0.3) is 0 Å². The summed E-state index contributed by atoms with van der Waals surface area (Å²) in [6.07, 6.45) is -2.43. The Morgan fingerprint density at radius 3 is 2.80 bits per heavy atom. The zero-order valence-electron chi connectivity index (χ0n) is 10.5. The van der Waals surface area contributed by atoms with E-state index < -0.39 is 17.6 Å². The van der Waals surface area contributed by atoms with Crippen LogP contribution in [0.1, 0.15) is 18.9 Å². The fourth-order valence-electron chi connectivity index (χ4n) is 2.06. The van der Waals surface area contributed by atoms with Crippen molar-refractivity contribution in [3.05, 3.63) is 24.0 Å². The number of carbonyl (C=O) groups is 2. The highest BCUT2D eigenvalue weighted by Gasteiger charge is 2.39. The number of pyridine rings is 1. The Morgan fingerprint density at radius 2 is 2.20 bits per heavy atom. The standard InChI is InChI=1S/C12H11F3N2O2S/c1-7(18)20-8-4-11(19)17(6-8)10-5-16-3-2-9(10)12(13,14)15/h2-3,5,8H,4,6H2,1H3. The van der Waals surface area contributed by atoms with Crippen LogP contribution in [-0.4, -0.2) is 27.8 Å². The van der Waals surface area contributed by atoms with Crippen molar-refractivity contribution in [2.24, 2.45) is 0 Å². The van der Waals surface area contributed by atoms with Crippen LogP contribution in [0.2, 0.25) is 0 Å². The van der Waals surface area contributed by atoms with Crippen molar-refractivity contribution in [3.8, 4) is 0 Å². The molecule has 2 heterocycles. The van der Waals surface area contributed by atoms with Crippen LogP contribution in [0.25, 0.3) is 0 Å². The normalized spacial score (nSPS) is 19.5. The van der Waals surface area contributed by atoms with Crippen molar-refractivity contribution in [2.45, 2.75) is 24.8 Å². The molecular weight excluding hydrogens is 293 g/mol. The molecule has 1 saturated heterocycles. The van der Waals surface area contributed by atoms with Gasteiger partial charge >= 0.3 is 6.18 Å². The quantitative estimate of drug-likeness (QED) is 0.842. The van der Waals surface area contributed by atoms with Crippen LogP contribution in [0.5, 0.6) is 0 Å². The molecule has 1 aromatic rings. The molecule has 8 heteroatoms. The number of hydrogen-bond donors (Lipinski definition) is 0. The third-order valence-electron chi connectivity index (χ3n) is 2.82. The van der Waals surface area contributed by atoms with Crippen molar-refractivity contribution in [2.75, 3.05) is 11.4 Å². The molecule has 0 spiro atoms. The van der Waals surface area contributed by atoms with E-state index >= 15 is 0 Å². The van der Waals surface area contributed by atoms with Crippen LogP contribution in [0.15, 0.2) is 18.5 Å². The van der Waals surface area contributed by atoms with Gasteiger partial charge in [-0.2, -0.15) is 13.2 Å². The Morgan fingerprint density at radius 1 is 1.50 bits per heavy atom. The van der Waals surface area contributed by atoms with E-state index in [4.69, 9.17) is 0 Å². The fourth-order valence-corrected chi connectivity index (χ4v) is 2.98. The molecule has 2 rings (SSSR count). The first-order valence-corrected chi connectivity index (χ1v) is 6.66. The van der Waals surface area contributed by atoms with E-state index in [-0.39, 0.29) is 29.0 Å². The van der Waals surface area contributed by atoms with Crippen LogP contribution >= 0.6 is 11.8 Å². The molecule has 1 aliphatic rings. The molecule has 1 aliphatic heterocycles. The van der Waals surface area contributed by atoms with Crippen molar-refractivity contribution in [1.82, 2.24) is 4.98 Å². The van der Waals surface area contributed by atoms with Gasteiger partial charge in [0, 0.05) is 31.3 Å². The minimum atomic E-state index is -4.55. The molecule has 1 unspecified atom stereocenters. The number of hydrogen-bond acceptors (Lipinski definition) is 4. The molecule has 1 amide bonds. The molecule has 4 nitrogen and oxygen atoms in total. The predicted octanol–water partition coefficient (Wildman–Crippen LogP) is 2.49. The van der Waals surface area contributed by atoms with Crippen LogP contribution in [0.3, 0.4) is 0 Å². The van der Waals surface area contributed by atoms with Gasteiger partial charge in [0.05, 0.1) is 17.4 Å². The molecule has 0 aliphatic carbocycles. The van der Waals surface area contributed by atoms with Crippen molar-refractivity contribution in [3.63, 3.8) is 0 Å². The zero-order valence-corrected chi connectivity index (χ0v) is 11.3. The molecule has 0 aromatic carbocycles. The number of amides is 1. The van der Waals surface area contributed by atoms with Gasteiger partial charge in [-0.05, 0) is 6.07 Å². The molecule has 1 fully saturated rings. The van der Waals surface area contributed by atoms with E-state index in [9.17, 15) is 22.8 Å².